The predicted octanol–water partition coefficient (Wildman–Crippen LogP) is -1.72. The van der Waals surface area contributed by atoms with Crippen molar-refractivity contribution in [3.63, 3.8) is 0 Å². The summed E-state index contributed by atoms with van der Waals surface area (Å²) < 4.78 is 22.5. The average Bonchev–Trinajstić information content (AvgIpc) is 2.12. The molecule has 1 aliphatic rings. The van der Waals surface area contributed by atoms with E-state index in [4.69, 9.17) is 5.11 Å². The Bertz CT molecular complexity index is 271. The zero-order valence-corrected chi connectivity index (χ0v) is 7.30. The van der Waals surface area contributed by atoms with Crippen LogP contribution >= 0.6 is 0 Å². The monoisotopic (exact) mass is 193 g/mol. The van der Waals surface area contributed by atoms with Crippen LogP contribution in [0.2, 0.25) is 0 Å². The number of aliphatic hydroxyl groups excluding tert-OH is 1. The Morgan fingerprint density at radius 3 is 2.83 bits per heavy atom. The number of hydrogen-bond donors (Lipinski definition) is 2. The number of rotatable bonds is 1. The van der Waals surface area contributed by atoms with Gasteiger partial charge in [-0.2, -0.15) is 0 Å². The molecule has 1 rings (SSSR count). The molecule has 1 heterocycles. The van der Waals surface area contributed by atoms with Crippen molar-refractivity contribution in [3.8, 4) is 0 Å². The highest BCUT2D eigenvalue weighted by Gasteiger charge is 2.28. The first kappa shape index (κ1) is 9.47. The van der Waals surface area contributed by atoms with Crippen LogP contribution < -0.4 is 5.32 Å². The maximum absolute atomic E-state index is 11.2. The van der Waals surface area contributed by atoms with Gasteiger partial charge < -0.3 is 10.4 Å². The van der Waals surface area contributed by atoms with Crippen molar-refractivity contribution < 1.29 is 18.3 Å². The summed E-state index contributed by atoms with van der Waals surface area (Å²) >= 11 is 0. The summed E-state index contributed by atoms with van der Waals surface area (Å²) in [6.07, 6.45) is -0.00116. The highest BCUT2D eigenvalue weighted by atomic mass is 32.2. The number of amides is 1. The smallest absolute Gasteiger partial charge is 0.221 e. The van der Waals surface area contributed by atoms with Crippen LogP contribution in [0.15, 0.2) is 0 Å². The van der Waals surface area contributed by atoms with Crippen molar-refractivity contribution in [1.82, 2.24) is 5.32 Å². The number of hydrogen-bond acceptors (Lipinski definition) is 4. The highest BCUT2D eigenvalue weighted by molar-refractivity contribution is 7.92. The number of nitrogens with one attached hydrogen (secondary N) is 1. The molecule has 1 unspecified atom stereocenters. The molecule has 0 bridgehead atoms. The number of carbonyl (C=O) groups is 1. The zero-order valence-electron chi connectivity index (χ0n) is 6.49. The van der Waals surface area contributed by atoms with Crippen LogP contribution in [0.4, 0.5) is 0 Å². The molecule has 0 aromatic carbocycles. The van der Waals surface area contributed by atoms with Crippen LogP contribution in [0, 0.1) is 0 Å². The third-order valence-electron chi connectivity index (χ3n) is 1.85. The van der Waals surface area contributed by atoms with Crippen LogP contribution in [-0.4, -0.2) is 43.6 Å². The molecule has 0 radical (unpaired) electrons. The fraction of sp³-hybridized carbons (Fsp3) is 0.833. The first-order valence-electron chi connectivity index (χ1n) is 3.65. The van der Waals surface area contributed by atoms with Gasteiger partial charge in [-0.1, -0.05) is 0 Å². The van der Waals surface area contributed by atoms with E-state index in [1.54, 1.807) is 0 Å². The molecule has 1 atom stereocenters. The first-order chi connectivity index (χ1) is 5.56. The van der Waals surface area contributed by atoms with Crippen molar-refractivity contribution in [2.45, 2.75) is 11.7 Å². The van der Waals surface area contributed by atoms with Gasteiger partial charge in [-0.3, -0.25) is 4.79 Å². The lowest BCUT2D eigenvalue weighted by Crippen LogP contribution is -2.35. The molecule has 0 aromatic heterocycles. The van der Waals surface area contributed by atoms with E-state index in [1.165, 1.54) is 0 Å². The van der Waals surface area contributed by atoms with E-state index >= 15 is 0 Å². The van der Waals surface area contributed by atoms with Gasteiger partial charge in [0.2, 0.25) is 5.91 Å². The maximum Gasteiger partial charge on any atom is 0.221 e. The molecule has 6 heteroatoms. The van der Waals surface area contributed by atoms with Gasteiger partial charge in [0.05, 0.1) is 12.4 Å². The summed E-state index contributed by atoms with van der Waals surface area (Å²) in [5, 5.41) is 10.3. The van der Waals surface area contributed by atoms with Crippen molar-refractivity contribution in [1.29, 1.82) is 0 Å². The lowest BCUT2D eigenvalue weighted by atomic mass is 10.4. The average molecular weight is 193 g/mol. The maximum atomic E-state index is 11.2. The minimum atomic E-state index is -3.28. The van der Waals surface area contributed by atoms with E-state index in [-0.39, 0.29) is 24.6 Å². The normalized spacial score (nSPS) is 29.1. The SMILES string of the molecule is O=C1CCS(=O)(=O)C(CO)CN1. The number of carbonyl (C=O) groups excluding carboxylic acids is 1. The molecule has 0 saturated carbocycles. The van der Waals surface area contributed by atoms with E-state index in [1.807, 2.05) is 0 Å². The molecule has 0 aromatic rings. The van der Waals surface area contributed by atoms with Gasteiger partial charge in [-0.15, -0.1) is 0 Å². The molecule has 1 aliphatic heterocycles. The van der Waals surface area contributed by atoms with E-state index < -0.39 is 21.7 Å². The quantitative estimate of drug-likeness (QED) is 0.519. The topological polar surface area (TPSA) is 83.5 Å². The molecular formula is C6H11NO4S. The van der Waals surface area contributed by atoms with E-state index in [9.17, 15) is 13.2 Å². The molecule has 1 saturated heterocycles. The van der Waals surface area contributed by atoms with Crippen LogP contribution in [0.5, 0.6) is 0 Å². The van der Waals surface area contributed by atoms with Gasteiger partial charge >= 0.3 is 0 Å². The van der Waals surface area contributed by atoms with Crippen molar-refractivity contribution >= 4 is 15.7 Å². The lowest BCUT2D eigenvalue weighted by molar-refractivity contribution is -0.120. The second kappa shape index (κ2) is 3.40. The number of sulfone groups is 1. The Hall–Kier alpha value is -0.620. The summed E-state index contributed by atoms with van der Waals surface area (Å²) in [6, 6.07) is 0. The molecule has 0 aliphatic carbocycles. The summed E-state index contributed by atoms with van der Waals surface area (Å²) in [5.41, 5.74) is 0. The summed E-state index contributed by atoms with van der Waals surface area (Å²) in [7, 11) is -3.28. The molecule has 5 nitrogen and oxygen atoms in total. The molecular weight excluding hydrogens is 182 g/mol. The molecule has 12 heavy (non-hydrogen) atoms. The van der Waals surface area contributed by atoms with Crippen LogP contribution in [0.3, 0.4) is 0 Å². The van der Waals surface area contributed by atoms with Gasteiger partial charge in [0.15, 0.2) is 9.84 Å². The summed E-state index contributed by atoms with van der Waals surface area (Å²) in [5.74, 6) is -0.432. The van der Waals surface area contributed by atoms with Crippen LogP contribution in [0.25, 0.3) is 0 Å². The van der Waals surface area contributed by atoms with Gasteiger partial charge in [0.1, 0.15) is 5.25 Å². The van der Waals surface area contributed by atoms with E-state index in [2.05, 4.69) is 5.32 Å². The third-order valence-corrected chi connectivity index (χ3v) is 3.96. The van der Waals surface area contributed by atoms with Crippen molar-refractivity contribution in [2.24, 2.45) is 0 Å². The van der Waals surface area contributed by atoms with Crippen molar-refractivity contribution in [3.05, 3.63) is 0 Å². The second-order valence-corrected chi connectivity index (χ2v) is 5.13. The number of aliphatic hydroxyl groups is 1. The third kappa shape index (κ3) is 1.95. The van der Waals surface area contributed by atoms with Crippen molar-refractivity contribution in [2.75, 3.05) is 18.9 Å². The standard InChI is InChI=1S/C6H11NO4S/c8-4-5-3-7-6(9)1-2-12(5,10)11/h5,8H,1-4H2,(H,7,9). The Balaban J connectivity index is 2.80. The zero-order chi connectivity index (χ0) is 9.19. The van der Waals surface area contributed by atoms with Gasteiger partial charge in [0, 0.05) is 13.0 Å². The Labute approximate surface area is 70.7 Å². The van der Waals surface area contributed by atoms with Gasteiger partial charge in [0.25, 0.3) is 0 Å². The summed E-state index contributed by atoms with van der Waals surface area (Å²) in [6.45, 7) is -0.402. The van der Waals surface area contributed by atoms with Crippen LogP contribution in [0.1, 0.15) is 6.42 Å². The Kier molecular flexibility index (Phi) is 2.69. The van der Waals surface area contributed by atoms with Gasteiger partial charge in [-0.25, -0.2) is 8.42 Å². The van der Waals surface area contributed by atoms with Crippen LogP contribution in [-0.2, 0) is 14.6 Å². The fourth-order valence-corrected chi connectivity index (χ4v) is 2.39. The minimum absolute atomic E-state index is 0.00116. The minimum Gasteiger partial charge on any atom is -0.395 e. The molecule has 0 spiro atoms. The highest BCUT2D eigenvalue weighted by Crippen LogP contribution is 2.06. The van der Waals surface area contributed by atoms with Gasteiger partial charge in [-0.05, 0) is 0 Å². The van der Waals surface area contributed by atoms with E-state index in [0.29, 0.717) is 0 Å². The fourth-order valence-electron chi connectivity index (χ4n) is 1.02. The molecule has 1 fully saturated rings. The molecule has 70 valence electrons. The largest absolute Gasteiger partial charge is 0.395 e. The lowest BCUT2D eigenvalue weighted by Gasteiger charge is -2.09. The summed E-state index contributed by atoms with van der Waals surface area (Å²) in [4.78, 5) is 10.8. The molecule has 2 N–H and O–H groups in total. The Morgan fingerprint density at radius 2 is 2.25 bits per heavy atom. The Morgan fingerprint density at radius 1 is 1.58 bits per heavy atom. The predicted molar refractivity (Wildman–Crippen MR) is 42.3 cm³/mol. The van der Waals surface area contributed by atoms with E-state index in [0.717, 1.165) is 0 Å². The first-order valence-corrected chi connectivity index (χ1v) is 5.37. The molecule has 1 amide bonds. The second-order valence-electron chi connectivity index (χ2n) is 2.73.